The molecule has 2 rings (SSSR count). The molecule has 94 valence electrons. The van der Waals surface area contributed by atoms with Crippen molar-refractivity contribution in [3.8, 4) is 0 Å². The van der Waals surface area contributed by atoms with Crippen LogP contribution < -0.4 is 11.1 Å². The molecule has 0 heterocycles. The van der Waals surface area contributed by atoms with Crippen LogP contribution in [0.2, 0.25) is 10.0 Å². The normalized spacial score (nSPS) is 10.3. The summed E-state index contributed by atoms with van der Waals surface area (Å²) in [5, 5.41) is 4.65. The van der Waals surface area contributed by atoms with Crippen molar-refractivity contribution >= 4 is 34.6 Å². The van der Waals surface area contributed by atoms with E-state index in [0.29, 0.717) is 10.7 Å². The maximum atomic E-state index is 6.07. The number of benzene rings is 2. The van der Waals surface area contributed by atoms with Gasteiger partial charge in [0.1, 0.15) is 0 Å². The van der Waals surface area contributed by atoms with Crippen LogP contribution in [0.25, 0.3) is 0 Å². The first-order valence-electron chi connectivity index (χ1n) is 5.69. The van der Waals surface area contributed by atoms with Gasteiger partial charge >= 0.3 is 0 Å². The first-order chi connectivity index (χ1) is 8.66. The molecule has 2 aromatic rings. The van der Waals surface area contributed by atoms with E-state index in [4.69, 9.17) is 28.9 Å². The monoisotopic (exact) mass is 280 g/mol. The summed E-state index contributed by atoms with van der Waals surface area (Å²) >= 11 is 11.9. The number of hydrogen-bond donors (Lipinski definition) is 2. The molecule has 2 nitrogen and oxygen atoms in total. The highest BCUT2D eigenvalue weighted by Gasteiger charge is 2.03. The highest BCUT2D eigenvalue weighted by atomic mass is 35.5. The minimum atomic E-state index is 0.645. The van der Waals surface area contributed by atoms with Crippen molar-refractivity contribution in [1.82, 2.24) is 0 Å². The molecule has 0 aliphatic carbocycles. The summed E-state index contributed by atoms with van der Waals surface area (Å²) in [7, 11) is 0. The Kier molecular flexibility index (Phi) is 4.34. The topological polar surface area (TPSA) is 38.0 Å². The van der Waals surface area contributed by atoms with Crippen LogP contribution in [0.5, 0.6) is 0 Å². The summed E-state index contributed by atoms with van der Waals surface area (Å²) in [5.74, 6) is 0. The van der Waals surface area contributed by atoms with Crippen molar-refractivity contribution in [3.63, 3.8) is 0 Å². The van der Waals surface area contributed by atoms with E-state index < -0.39 is 0 Å². The maximum absolute atomic E-state index is 6.07. The van der Waals surface area contributed by atoms with E-state index >= 15 is 0 Å². The molecule has 3 N–H and O–H groups in total. The fraction of sp³-hybridized carbons (Fsp3) is 0.143. The number of nitrogens with two attached hydrogens (primary N) is 1. The van der Waals surface area contributed by atoms with Crippen molar-refractivity contribution in [2.75, 3.05) is 17.6 Å². The average molecular weight is 281 g/mol. The summed E-state index contributed by atoms with van der Waals surface area (Å²) in [4.78, 5) is 0. The molecule has 2 aromatic carbocycles. The van der Waals surface area contributed by atoms with Crippen LogP contribution >= 0.6 is 23.2 Å². The molecule has 18 heavy (non-hydrogen) atoms. The second-order valence-electron chi connectivity index (χ2n) is 4.01. The number of halogens is 2. The smallest absolute Gasteiger partial charge is 0.0763 e. The zero-order valence-electron chi connectivity index (χ0n) is 9.79. The highest BCUT2D eigenvalue weighted by molar-refractivity contribution is 6.33. The first-order valence-corrected chi connectivity index (χ1v) is 6.45. The zero-order chi connectivity index (χ0) is 13.0. The maximum Gasteiger partial charge on any atom is 0.0763 e. The van der Waals surface area contributed by atoms with Crippen molar-refractivity contribution in [1.29, 1.82) is 0 Å². The van der Waals surface area contributed by atoms with Gasteiger partial charge < -0.3 is 11.1 Å². The minimum absolute atomic E-state index is 0.645. The molecule has 0 fully saturated rings. The van der Waals surface area contributed by atoms with Gasteiger partial charge in [-0.3, -0.25) is 0 Å². The van der Waals surface area contributed by atoms with Gasteiger partial charge in [-0.15, -0.1) is 0 Å². The van der Waals surface area contributed by atoms with E-state index in [1.807, 2.05) is 42.5 Å². The minimum Gasteiger partial charge on any atom is -0.397 e. The molecular formula is C14H14Cl2N2. The van der Waals surface area contributed by atoms with E-state index in [1.54, 1.807) is 0 Å². The third-order valence-electron chi connectivity index (χ3n) is 2.67. The van der Waals surface area contributed by atoms with Crippen LogP contribution in [-0.4, -0.2) is 6.54 Å². The second kappa shape index (κ2) is 5.98. The van der Waals surface area contributed by atoms with Gasteiger partial charge in [-0.05, 0) is 36.2 Å². The molecule has 0 saturated heterocycles. The molecule has 0 aliphatic heterocycles. The molecule has 0 unspecified atom stereocenters. The number of rotatable bonds is 4. The molecule has 0 atom stereocenters. The van der Waals surface area contributed by atoms with Crippen molar-refractivity contribution in [3.05, 3.63) is 58.1 Å². The molecule has 0 spiro atoms. The van der Waals surface area contributed by atoms with Crippen LogP contribution in [-0.2, 0) is 6.42 Å². The fourth-order valence-corrected chi connectivity index (χ4v) is 2.08. The lowest BCUT2D eigenvalue weighted by atomic mass is 10.1. The van der Waals surface area contributed by atoms with E-state index in [1.165, 1.54) is 5.56 Å². The van der Waals surface area contributed by atoms with Gasteiger partial charge in [-0.1, -0.05) is 41.4 Å². The van der Waals surface area contributed by atoms with Crippen LogP contribution in [0.3, 0.4) is 0 Å². The summed E-state index contributed by atoms with van der Waals surface area (Å²) < 4.78 is 0. The molecule has 0 aliphatic rings. The average Bonchev–Trinajstić information content (AvgIpc) is 2.35. The Morgan fingerprint density at radius 3 is 2.39 bits per heavy atom. The largest absolute Gasteiger partial charge is 0.397 e. The Morgan fingerprint density at radius 1 is 1.00 bits per heavy atom. The Balaban J connectivity index is 1.94. The lowest BCUT2D eigenvalue weighted by molar-refractivity contribution is 1.02. The molecule has 0 saturated carbocycles. The number of nitrogen functional groups attached to an aromatic ring is 1. The quantitative estimate of drug-likeness (QED) is 0.823. The van der Waals surface area contributed by atoms with Crippen LogP contribution in [0.4, 0.5) is 11.4 Å². The number of anilines is 2. The van der Waals surface area contributed by atoms with Gasteiger partial charge in [0.2, 0.25) is 0 Å². The lowest BCUT2D eigenvalue weighted by Crippen LogP contribution is -2.07. The van der Waals surface area contributed by atoms with E-state index in [0.717, 1.165) is 23.7 Å². The van der Waals surface area contributed by atoms with Gasteiger partial charge in [0.25, 0.3) is 0 Å². The Morgan fingerprint density at radius 2 is 1.72 bits per heavy atom. The van der Waals surface area contributed by atoms with Gasteiger partial charge in [-0.2, -0.15) is 0 Å². The molecule has 4 heteroatoms. The van der Waals surface area contributed by atoms with E-state index in [9.17, 15) is 0 Å². The highest BCUT2D eigenvalue weighted by Crippen LogP contribution is 2.27. The van der Waals surface area contributed by atoms with Crippen molar-refractivity contribution in [2.24, 2.45) is 0 Å². The van der Waals surface area contributed by atoms with Gasteiger partial charge in [-0.25, -0.2) is 0 Å². The van der Waals surface area contributed by atoms with Crippen molar-refractivity contribution in [2.45, 2.75) is 6.42 Å². The molecular weight excluding hydrogens is 267 g/mol. The summed E-state index contributed by atoms with van der Waals surface area (Å²) in [6.45, 7) is 0.773. The number of nitrogens with one attached hydrogen (secondary N) is 1. The zero-order valence-corrected chi connectivity index (χ0v) is 11.3. The predicted molar refractivity (Wildman–Crippen MR) is 79.5 cm³/mol. The standard InChI is InChI=1S/C14H14Cl2N2/c15-11-6-4-10(5-7-11)8-9-18-14-12(16)2-1-3-13(14)17/h1-7,18H,8-9,17H2. The predicted octanol–water partition coefficient (Wildman–Crippen LogP) is 4.23. The van der Waals surface area contributed by atoms with Gasteiger partial charge in [0.05, 0.1) is 16.4 Å². The van der Waals surface area contributed by atoms with Crippen LogP contribution in [0.15, 0.2) is 42.5 Å². The molecule has 0 bridgehead atoms. The van der Waals surface area contributed by atoms with E-state index in [-0.39, 0.29) is 0 Å². The summed E-state index contributed by atoms with van der Waals surface area (Å²) in [6, 6.07) is 13.3. The summed E-state index contributed by atoms with van der Waals surface area (Å²) in [5.41, 5.74) is 8.54. The van der Waals surface area contributed by atoms with Gasteiger partial charge in [0, 0.05) is 11.6 Å². The first kappa shape index (κ1) is 13.1. The van der Waals surface area contributed by atoms with Crippen molar-refractivity contribution < 1.29 is 0 Å². The van der Waals surface area contributed by atoms with E-state index in [2.05, 4.69) is 5.32 Å². The summed E-state index contributed by atoms with van der Waals surface area (Å²) in [6.07, 6.45) is 0.891. The second-order valence-corrected chi connectivity index (χ2v) is 4.85. The van der Waals surface area contributed by atoms with Crippen LogP contribution in [0.1, 0.15) is 5.56 Å². The molecule has 0 amide bonds. The Labute approximate surface area is 117 Å². The van der Waals surface area contributed by atoms with Gasteiger partial charge in [0.15, 0.2) is 0 Å². The number of hydrogen-bond acceptors (Lipinski definition) is 2. The third-order valence-corrected chi connectivity index (χ3v) is 3.24. The Bertz CT molecular complexity index is 504. The number of para-hydroxylation sites is 1. The molecule has 0 aromatic heterocycles. The fourth-order valence-electron chi connectivity index (χ4n) is 1.71. The van der Waals surface area contributed by atoms with Crippen LogP contribution in [0, 0.1) is 0 Å². The lowest BCUT2D eigenvalue weighted by Gasteiger charge is -2.11. The SMILES string of the molecule is Nc1cccc(Cl)c1NCCc1ccc(Cl)cc1. The third kappa shape index (κ3) is 3.31. The Hall–Kier alpha value is -1.38. The molecule has 0 radical (unpaired) electrons.